The quantitative estimate of drug-likeness (QED) is 0.241. The van der Waals surface area contributed by atoms with Crippen LogP contribution in [-0.2, 0) is 0 Å². The van der Waals surface area contributed by atoms with Gasteiger partial charge in [-0.2, -0.15) is 0 Å². The highest BCUT2D eigenvalue weighted by molar-refractivity contribution is 6.34. The van der Waals surface area contributed by atoms with Crippen molar-refractivity contribution in [1.82, 2.24) is 0 Å². The average molecular weight is 282 g/mol. The van der Waals surface area contributed by atoms with Crippen molar-refractivity contribution in [2.24, 2.45) is 0 Å². The zero-order valence-corrected chi connectivity index (χ0v) is 11.9. The summed E-state index contributed by atoms with van der Waals surface area (Å²) in [5.41, 5.74) is 14.0. The summed E-state index contributed by atoms with van der Waals surface area (Å²) in [6.07, 6.45) is 0. The third-order valence-electron chi connectivity index (χ3n) is 4.73. The molecule has 0 saturated heterocycles. The molecule has 0 spiro atoms. The molecule has 0 aliphatic rings. The first-order chi connectivity index (χ1) is 10.8. The van der Waals surface area contributed by atoms with Crippen molar-refractivity contribution in [3.8, 4) is 0 Å². The molecule has 0 fully saturated rings. The third kappa shape index (κ3) is 1.25. The minimum atomic E-state index is 0.826. The van der Waals surface area contributed by atoms with Gasteiger partial charge >= 0.3 is 0 Å². The molecule has 0 aliphatic heterocycles. The average Bonchev–Trinajstić information content (AvgIpc) is 2.55. The molecule has 0 unspecified atom stereocenters. The summed E-state index contributed by atoms with van der Waals surface area (Å²) < 4.78 is 0. The zero-order chi connectivity index (χ0) is 14.8. The van der Waals surface area contributed by atoms with Gasteiger partial charge in [-0.3, -0.25) is 0 Å². The summed E-state index contributed by atoms with van der Waals surface area (Å²) in [4.78, 5) is 0. The highest BCUT2D eigenvalue weighted by atomic mass is 14.6. The minimum absolute atomic E-state index is 0.826. The molecule has 0 atom stereocenters. The van der Waals surface area contributed by atoms with Crippen LogP contribution in [-0.4, -0.2) is 0 Å². The van der Waals surface area contributed by atoms with Crippen LogP contribution in [0.15, 0.2) is 60.7 Å². The molecule has 104 valence electrons. The van der Waals surface area contributed by atoms with Crippen molar-refractivity contribution in [1.29, 1.82) is 0 Å². The van der Waals surface area contributed by atoms with Crippen LogP contribution in [0.2, 0.25) is 0 Å². The zero-order valence-electron chi connectivity index (χ0n) is 11.9. The number of nitrogens with two attached hydrogens (primary N) is 2. The Labute approximate surface area is 127 Å². The lowest BCUT2D eigenvalue weighted by atomic mass is 9.89. The van der Waals surface area contributed by atoms with E-state index in [2.05, 4.69) is 48.5 Å². The smallest absolute Gasteiger partial charge is 0.0394 e. The number of anilines is 2. The van der Waals surface area contributed by atoms with Crippen molar-refractivity contribution < 1.29 is 0 Å². The van der Waals surface area contributed by atoms with Gasteiger partial charge in [0, 0.05) is 22.1 Å². The van der Waals surface area contributed by atoms with Gasteiger partial charge in [0.15, 0.2) is 0 Å². The monoisotopic (exact) mass is 282 g/mol. The molecule has 5 aromatic carbocycles. The Bertz CT molecular complexity index is 1070. The number of nitrogen functional groups attached to an aromatic ring is 2. The maximum atomic E-state index is 6.19. The second-order valence-corrected chi connectivity index (χ2v) is 5.86. The lowest BCUT2D eigenvalue weighted by Crippen LogP contribution is -1.93. The summed E-state index contributed by atoms with van der Waals surface area (Å²) >= 11 is 0. The van der Waals surface area contributed by atoms with Gasteiger partial charge in [-0.05, 0) is 44.5 Å². The fourth-order valence-corrected chi connectivity index (χ4v) is 3.76. The largest absolute Gasteiger partial charge is 0.398 e. The Morgan fingerprint density at radius 1 is 0.409 bits per heavy atom. The van der Waals surface area contributed by atoms with E-state index >= 15 is 0 Å². The summed E-state index contributed by atoms with van der Waals surface area (Å²) in [6.45, 7) is 0. The standard InChI is InChI=1S/C20H14N2/c21-17-9-8-14-12-4-2-6-16-18(22)10-7-13(20(12)16)11-3-1-5-15(17)19(11)14/h1-10H,21-22H2. The van der Waals surface area contributed by atoms with Crippen LogP contribution in [0.25, 0.3) is 43.1 Å². The molecule has 0 aromatic heterocycles. The van der Waals surface area contributed by atoms with E-state index in [1.54, 1.807) is 0 Å². The fourth-order valence-electron chi connectivity index (χ4n) is 3.76. The van der Waals surface area contributed by atoms with Crippen LogP contribution in [0.3, 0.4) is 0 Å². The second-order valence-electron chi connectivity index (χ2n) is 5.86. The Hall–Kier alpha value is -3.00. The van der Waals surface area contributed by atoms with Crippen molar-refractivity contribution in [2.75, 3.05) is 11.5 Å². The first-order valence-electron chi connectivity index (χ1n) is 7.39. The highest BCUT2D eigenvalue weighted by Crippen LogP contribution is 2.42. The molecular formula is C20H14N2. The van der Waals surface area contributed by atoms with Crippen molar-refractivity contribution in [2.45, 2.75) is 0 Å². The molecule has 0 radical (unpaired) electrons. The number of hydrogen-bond acceptors (Lipinski definition) is 2. The van der Waals surface area contributed by atoms with E-state index in [9.17, 15) is 0 Å². The predicted molar refractivity (Wildman–Crippen MR) is 96.5 cm³/mol. The number of hydrogen-bond donors (Lipinski definition) is 2. The Morgan fingerprint density at radius 2 is 0.773 bits per heavy atom. The molecule has 5 rings (SSSR count). The SMILES string of the molecule is Nc1ccc2c3cccc4c(N)ccc(c5cccc1c52)c43. The van der Waals surface area contributed by atoms with Crippen LogP contribution in [0, 0.1) is 0 Å². The van der Waals surface area contributed by atoms with Crippen LogP contribution >= 0.6 is 0 Å². The molecule has 0 saturated carbocycles. The van der Waals surface area contributed by atoms with E-state index in [1.807, 2.05) is 12.1 Å². The molecule has 22 heavy (non-hydrogen) atoms. The normalized spacial score (nSPS) is 12.0. The topological polar surface area (TPSA) is 52.0 Å². The Kier molecular flexibility index (Phi) is 2.01. The highest BCUT2D eigenvalue weighted by Gasteiger charge is 2.14. The molecule has 0 aliphatic carbocycles. The van der Waals surface area contributed by atoms with Crippen molar-refractivity contribution >= 4 is 54.5 Å². The van der Waals surface area contributed by atoms with Crippen LogP contribution < -0.4 is 11.5 Å². The molecule has 0 heterocycles. The van der Waals surface area contributed by atoms with E-state index in [-0.39, 0.29) is 0 Å². The lowest BCUT2D eigenvalue weighted by molar-refractivity contribution is 1.75. The molecule has 5 aromatic rings. The minimum Gasteiger partial charge on any atom is -0.398 e. The van der Waals surface area contributed by atoms with E-state index < -0.39 is 0 Å². The molecular weight excluding hydrogens is 268 g/mol. The molecule has 0 amide bonds. The van der Waals surface area contributed by atoms with Crippen LogP contribution in [0.4, 0.5) is 11.4 Å². The van der Waals surface area contributed by atoms with Gasteiger partial charge in [-0.15, -0.1) is 0 Å². The van der Waals surface area contributed by atoms with Gasteiger partial charge in [0.05, 0.1) is 0 Å². The Morgan fingerprint density at radius 3 is 1.23 bits per heavy atom. The fraction of sp³-hybridized carbons (Fsp3) is 0. The van der Waals surface area contributed by atoms with Gasteiger partial charge < -0.3 is 11.5 Å². The van der Waals surface area contributed by atoms with Gasteiger partial charge in [-0.25, -0.2) is 0 Å². The molecule has 4 N–H and O–H groups in total. The van der Waals surface area contributed by atoms with E-state index in [4.69, 9.17) is 11.5 Å². The number of rotatable bonds is 0. The van der Waals surface area contributed by atoms with Crippen molar-refractivity contribution in [3.05, 3.63) is 60.7 Å². The van der Waals surface area contributed by atoms with Gasteiger partial charge in [0.1, 0.15) is 0 Å². The first kappa shape index (κ1) is 11.6. The van der Waals surface area contributed by atoms with Gasteiger partial charge in [0.25, 0.3) is 0 Å². The molecule has 2 nitrogen and oxygen atoms in total. The number of fused-ring (bicyclic) bond motifs is 2. The summed E-state index contributed by atoms with van der Waals surface area (Å²) in [5, 5.41) is 9.68. The number of benzene rings is 5. The van der Waals surface area contributed by atoms with Gasteiger partial charge in [-0.1, -0.05) is 48.5 Å². The predicted octanol–water partition coefficient (Wildman–Crippen LogP) is 4.90. The summed E-state index contributed by atoms with van der Waals surface area (Å²) in [7, 11) is 0. The van der Waals surface area contributed by atoms with E-state index in [0.717, 1.165) is 22.1 Å². The van der Waals surface area contributed by atoms with E-state index in [1.165, 1.54) is 32.3 Å². The second kappa shape index (κ2) is 3.80. The van der Waals surface area contributed by atoms with Crippen LogP contribution in [0.5, 0.6) is 0 Å². The lowest BCUT2D eigenvalue weighted by Gasteiger charge is -2.15. The molecule has 2 heteroatoms. The molecule has 0 bridgehead atoms. The summed E-state index contributed by atoms with van der Waals surface area (Å²) in [5.74, 6) is 0. The van der Waals surface area contributed by atoms with Crippen molar-refractivity contribution in [3.63, 3.8) is 0 Å². The van der Waals surface area contributed by atoms with Gasteiger partial charge in [0.2, 0.25) is 0 Å². The maximum Gasteiger partial charge on any atom is 0.0394 e. The Balaban J connectivity index is 2.28. The maximum absolute atomic E-state index is 6.19. The summed E-state index contributed by atoms with van der Waals surface area (Å²) in [6, 6.07) is 20.9. The first-order valence-corrected chi connectivity index (χ1v) is 7.39. The van der Waals surface area contributed by atoms with Crippen LogP contribution in [0.1, 0.15) is 0 Å². The third-order valence-corrected chi connectivity index (χ3v) is 4.73. The van der Waals surface area contributed by atoms with E-state index in [0.29, 0.717) is 0 Å².